The molecule has 3 aromatic carbocycles. The van der Waals surface area contributed by atoms with Crippen molar-refractivity contribution in [3.63, 3.8) is 0 Å². The van der Waals surface area contributed by atoms with Gasteiger partial charge in [0.25, 0.3) is 11.5 Å². The maximum Gasteiger partial charge on any atom is 0.282 e. The van der Waals surface area contributed by atoms with Crippen molar-refractivity contribution in [3.8, 4) is 11.5 Å². The molecular formula is C32H32BrFN4O4. The molecule has 0 unspecified atom stereocenters. The van der Waals surface area contributed by atoms with E-state index >= 15 is 0 Å². The van der Waals surface area contributed by atoms with Crippen molar-refractivity contribution in [3.05, 3.63) is 105 Å². The van der Waals surface area contributed by atoms with Gasteiger partial charge in [-0.05, 0) is 79.9 Å². The van der Waals surface area contributed by atoms with Crippen LogP contribution in [0.1, 0.15) is 50.1 Å². The van der Waals surface area contributed by atoms with Gasteiger partial charge in [-0.25, -0.2) is 9.37 Å². The molecular weight excluding hydrogens is 603 g/mol. The Balaban J connectivity index is 1.68. The Hall–Kier alpha value is -4.31. The summed E-state index contributed by atoms with van der Waals surface area (Å²) in [5.41, 5.74) is 2.19. The molecule has 218 valence electrons. The van der Waals surface area contributed by atoms with Gasteiger partial charge in [0.15, 0.2) is 18.1 Å². The molecule has 1 N–H and O–H groups in total. The number of amides is 1. The Kier molecular flexibility index (Phi) is 10.2. The number of ether oxygens (including phenoxy) is 2. The Morgan fingerprint density at radius 1 is 1.17 bits per heavy atom. The minimum atomic E-state index is -0.411. The highest BCUT2D eigenvalue weighted by atomic mass is 79.9. The highest BCUT2D eigenvalue weighted by Gasteiger charge is 2.17. The average Bonchev–Trinajstić information content (AvgIpc) is 2.97. The molecule has 4 rings (SSSR count). The Labute approximate surface area is 252 Å². The van der Waals surface area contributed by atoms with E-state index in [2.05, 4.69) is 32.9 Å². The fourth-order valence-electron chi connectivity index (χ4n) is 4.26. The van der Waals surface area contributed by atoms with Crippen LogP contribution in [0.25, 0.3) is 10.9 Å². The molecule has 0 bridgehead atoms. The van der Waals surface area contributed by atoms with Gasteiger partial charge in [0.1, 0.15) is 11.6 Å². The van der Waals surface area contributed by atoms with E-state index in [1.165, 1.54) is 28.9 Å². The zero-order valence-electron chi connectivity index (χ0n) is 23.7. The normalized spacial score (nSPS) is 11.9. The van der Waals surface area contributed by atoms with E-state index in [1.54, 1.807) is 24.4 Å². The van der Waals surface area contributed by atoms with Gasteiger partial charge in [-0.2, -0.15) is 9.78 Å². The third-order valence-corrected chi connectivity index (χ3v) is 7.00. The number of carbonyl (C=O) groups is 1. The van der Waals surface area contributed by atoms with Crippen LogP contribution in [0.4, 0.5) is 10.1 Å². The minimum Gasteiger partial charge on any atom is -0.490 e. The summed E-state index contributed by atoms with van der Waals surface area (Å²) in [6.45, 7) is 9.79. The highest BCUT2D eigenvalue weighted by Crippen LogP contribution is 2.34. The molecule has 1 heterocycles. The fourth-order valence-corrected chi connectivity index (χ4v) is 4.62. The summed E-state index contributed by atoms with van der Waals surface area (Å²) in [5.74, 6) is 0.578. The van der Waals surface area contributed by atoms with Crippen LogP contribution in [0.3, 0.4) is 0 Å². The number of anilines is 1. The quantitative estimate of drug-likeness (QED) is 0.136. The molecule has 4 aromatic rings. The summed E-state index contributed by atoms with van der Waals surface area (Å²) in [6.07, 6.45) is 4.51. The SMILES string of the molecule is C=CCc1cc(C=Nn2c([C@H](C)CC)nc3ccc(Br)cc3c2=O)cc(OCC)c1OCC(=O)Nc1ccc(F)cc1. The molecule has 1 atom stereocenters. The van der Waals surface area contributed by atoms with Crippen LogP contribution in [-0.4, -0.2) is 35.0 Å². The fraction of sp³-hybridized carbons (Fsp3) is 0.250. The highest BCUT2D eigenvalue weighted by molar-refractivity contribution is 9.10. The van der Waals surface area contributed by atoms with E-state index in [9.17, 15) is 14.0 Å². The van der Waals surface area contributed by atoms with E-state index in [-0.39, 0.29) is 18.1 Å². The smallest absolute Gasteiger partial charge is 0.282 e. The van der Waals surface area contributed by atoms with Crippen LogP contribution in [0, 0.1) is 5.82 Å². The lowest BCUT2D eigenvalue weighted by Crippen LogP contribution is -2.23. The first-order valence-corrected chi connectivity index (χ1v) is 14.4. The van der Waals surface area contributed by atoms with Crippen molar-refractivity contribution >= 4 is 44.6 Å². The first-order valence-electron chi connectivity index (χ1n) is 13.6. The molecule has 0 saturated carbocycles. The van der Waals surface area contributed by atoms with Crippen LogP contribution in [0.5, 0.6) is 11.5 Å². The van der Waals surface area contributed by atoms with Crippen molar-refractivity contribution in [2.45, 2.75) is 39.5 Å². The van der Waals surface area contributed by atoms with Gasteiger partial charge in [-0.15, -0.1) is 6.58 Å². The van der Waals surface area contributed by atoms with Crippen LogP contribution in [-0.2, 0) is 11.2 Å². The Morgan fingerprint density at radius 2 is 1.93 bits per heavy atom. The molecule has 0 aliphatic rings. The van der Waals surface area contributed by atoms with Crippen molar-refractivity contribution in [2.75, 3.05) is 18.5 Å². The molecule has 0 radical (unpaired) electrons. The summed E-state index contributed by atoms with van der Waals surface area (Å²) in [6, 6.07) is 14.5. The number of rotatable bonds is 12. The van der Waals surface area contributed by atoms with Crippen LogP contribution < -0.4 is 20.3 Å². The topological polar surface area (TPSA) is 94.8 Å². The third-order valence-electron chi connectivity index (χ3n) is 6.50. The van der Waals surface area contributed by atoms with Gasteiger partial charge < -0.3 is 14.8 Å². The first kappa shape index (κ1) is 30.6. The molecule has 0 fully saturated rings. The van der Waals surface area contributed by atoms with Gasteiger partial charge >= 0.3 is 0 Å². The van der Waals surface area contributed by atoms with Gasteiger partial charge in [0, 0.05) is 21.6 Å². The van der Waals surface area contributed by atoms with E-state index < -0.39 is 11.7 Å². The number of nitrogens with one attached hydrogen (secondary N) is 1. The zero-order valence-corrected chi connectivity index (χ0v) is 25.3. The standard InChI is InChI=1S/C32H32BrFN4O4/c1-5-8-22-15-21(16-28(41-7-3)30(22)42-19-29(39)36-25-12-10-24(34)11-13-25)18-35-38-31(20(4)6-2)37-27-14-9-23(33)17-26(27)32(38)40/h5,9-18,20H,1,6-8,19H2,2-4H3,(H,36,39)/t20-/m1/s1. The molecule has 1 amide bonds. The average molecular weight is 636 g/mol. The number of nitrogens with zero attached hydrogens (tertiary/aromatic N) is 3. The number of carbonyl (C=O) groups excluding carboxylic acids is 1. The lowest BCUT2D eigenvalue weighted by atomic mass is 10.1. The number of fused-ring (bicyclic) bond motifs is 1. The molecule has 0 aliphatic heterocycles. The number of aromatic nitrogens is 2. The maximum absolute atomic E-state index is 13.5. The van der Waals surface area contributed by atoms with E-state index in [1.807, 2.05) is 39.0 Å². The van der Waals surface area contributed by atoms with E-state index in [0.717, 1.165) is 16.5 Å². The van der Waals surface area contributed by atoms with Crippen LogP contribution in [0.2, 0.25) is 0 Å². The van der Waals surface area contributed by atoms with Gasteiger partial charge in [-0.3, -0.25) is 9.59 Å². The maximum atomic E-state index is 13.5. The van der Waals surface area contributed by atoms with E-state index in [4.69, 9.17) is 14.5 Å². The monoisotopic (exact) mass is 634 g/mol. The second kappa shape index (κ2) is 14.0. The van der Waals surface area contributed by atoms with Crippen LogP contribution >= 0.6 is 15.9 Å². The Morgan fingerprint density at radius 3 is 2.62 bits per heavy atom. The molecule has 0 aliphatic carbocycles. The van der Waals surface area contributed by atoms with Gasteiger partial charge in [0.2, 0.25) is 0 Å². The van der Waals surface area contributed by atoms with Crippen molar-refractivity contribution in [1.29, 1.82) is 0 Å². The number of hydrogen-bond acceptors (Lipinski definition) is 6. The second-order valence-electron chi connectivity index (χ2n) is 9.58. The largest absolute Gasteiger partial charge is 0.490 e. The number of hydrogen-bond donors (Lipinski definition) is 1. The Bertz CT molecular complexity index is 1690. The summed E-state index contributed by atoms with van der Waals surface area (Å²) in [4.78, 5) is 30.8. The molecule has 1 aromatic heterocycles. The second-order valence-corrected chi connectivity index (χ2v) is 10.5. The zero-order chi connectivity index (χ0) is 30.2. The summed E-state index contributed by atoms with van der Waals surface area (Å²) >= 11 is 3.43. The lowest BCUT2D eigenvalue weighted by molar-refractivity contribution is -0.118. The third kappa shape index (κ3) is 7.30. The summed E-state index contributed by atoms with van der Waals surface area (Å²) in [7, 11) is 0. The molecule has 0 saturated heterocycles. The predicted octanol–water partition coefficient (Wildman–Crippen LogP) is 6.84. The molecule has 10 heteroatoms. The number of benzene rings is 3. The van der Waals surface area contributed by atoms with Crippen LogP contribution in [0.15, 0.2) is 81.6 Å². The van der Waals surface area contributed by atoms with Crippen molar-refractivity contribution < 1.29 is 18.7 Å². The molecule has 8 nitrogen and oxygen atoms in total. The summed E-state index contributed by atoms with van der Waals surface area (Å²) in [5, 5.41) is 7.71. The minimum absolute atomic E-state index is 0.00459. The number of halogens is 2. The van der Waals surface area contributed by atoms with Gasteiger partial charge in [0.05, 0.1) is 23.7 Å². The van der Waals surface area contributed by atoms with Gasteiger partial charge in [-0.1, -0.05) is 35.9 Å². The predicted molar refractivity (Wildman–Crippen MR) is 167 cm³/mol. The molecule has 42 heavy (non-hydrogen) atoms. The lowest BCUT2D eigenvalue weighted by Gasteiger charge is -2.17. The number of allylic oxidation sites excluding steroid dienone is 1. The molecule has 0 spiro atoms. The first-order chi connectivity index (χ1) is 20.2. The summed E-state index contributed by atoms with van der Waals surface area (Å²) < 4.78 is 27.1. The van der Waals surface area contributed by atoms with Crippen molar-refractivity contribution in [1.82, 2.24) is 9.66 Å². The van der Waals surface area contributed by atoms with E-state index in [0.29, 0.717) is 52.5 Å². The van der Waals surface area contributed by atoms with Crippen molar-refractivity contribution in [2.24, 2.45) is 5.10 Å².